The van der Waals surface area contributed by atoms with Crippen LogP contribution in [0.4, 0.5) is 5.69 Å². The molecular formula is C15H12N2O5S2. The van der Waals surface area contributed by atoms with Crippen molar-refractivity contribution in [2.45, 2.75) is 0 Å². The van der Waals surface area contributed by atoms with Gasteiger partial charge >= 0.3 is 0 Å². The number of carbonyl (C=O) groups excluding carboxylic acids is 1. The van der Waals surface area contributed by atoms with E-state index in [1.54, 1.807) is 24.3 Å². The minimum absolute atomic E-state index is 0.122. The minimum Gasteiger partial charge on any atom is -0.595 e. The van der Waals surface area contributed by atoms with Crippen LogP contribution in [0.1, 0.15) is 5.76 Å². The Morgan fingerprint density at radius 1 is 1.42 bits per heavy atom. The molecule has 0 spiro atoms. The summed E-state index contributed by atoms with van der Waals surface area (Å²) < 4.78 is 11.4. The van der Waals surface area contributed by atoms with Crippen LogP contribution in [0, 0.1) is 5.21 Å². The molecular weight excluding hydrogens is 352 g/mol. The molecule has 9 heteroatoms. The molecule has 0 aliphatic carbocycles. The summed E-state index contributed by atoms with van der Waals surface area (Å²) in [6, 6.07) is 7.95. The lowest BCUT2D eigenvalue weighted by Crippen LogP contribution is -2.99. The van der Waals surface area contributed by atoms with Gasteiger partial charge in [0.1, 0.15) is 21.6 Å². The van der Waals surface area contributed by atoms with Crippen LogP contribution in [0.5, 0.6) is 5.75 Å². The quantitative estimate of drug-likeness (QED) is 0.432. The predicted octanol–water partition coefficient (Wildman–Crippen LogP) is 1.85. The van der Waals surface area contributed by atoms with Gasteiger partial charge in [-0.05, 0) is 18.2 Å². The number of carbonyl (C=O) groups is 1. The van der Waals surface area contributed by atoms with Gasteiger partial charge in [-0.25, -0.2) is 5.21 Å². The number of hydrogen-bond acceptors (Lipinski definition) is 7. The molecule has 1 saturated heterocycles. The second-order valence-electron chi connectivity index (χ2n) is 4.77. The maximum Gasteiger partial charge on any atom is 0.263 e. The van der Waals surface area contributed by atoms with E-state index >= 15 is 0 Å². The predicted molar refractivity (Wildman–Crippen MR) is 92.8 cm³/mol. The first-order valence-electron chi connectivity index (χ1n) is 6.74. The van der Waals surface area contributed by atoms with Crippen molar-refractivity contribution in [2.24, 2.45) is 0 Å². The summed E-state index contributed by atoms with van der Waals surface area (Å²) in [5.74, 6) is 1.11. The van der Waals surface area contributed by atoms with Crippen LogP contribution in [0.25, 0.3) is 17.4 Å². The van der Waals surface area contributed by atoms with Gasteiger partial charge in [0.05, 0.1) is 17.6 Å². The number of furan rings is 1. The van der Waals surface area contributed by atoms with E-state index in [9.17, 15) is 10.0 Å². The first-order valence-corrected chi connectivity index (χ1v) is 7.97. The van der Waals surface area contributed by atoms with Crippen LogP contribution in [0.15, 0.2) is 39.7 Å². The Bertz CT molecular complexity index is 844. The average molecular weight is 364 g/mol. The summed E-state index contributed by atoms with van der Waals surface area (Å²) in [5, 5.41) is 21.6. The highest BCUT2D eigenvalue weighted by molar-refractivity contribution is 8.26. The van der Waals surface area contributed by atoms with Crippen molar-refractivity contribution in [2.75, 3.05) is 7.11 Å². The maximum atomic E-state index is 11.7. The Hall–Kier alpha value is -2.17. The van der Waals surface area contributed by atoms with Gasteiger partial charge in [-0.15, -0.1) is 0 Å². The fourth-order valence-corrected chi connectivity index (χ4v) is 3.18. The van der Waals surface area contributed by atoms with E-state index in [1.165, 1.54) is 31.0 Å². The van der Waals surface area contributed by atoms with E-state index in [4.69, 9.17) is 26.6 Å². The van der Waals surface area contributed by atoms with Gasteiger partial charge in [-0.2, -0.15) is 5.23 Å². The van der Waals surface area contributed by atoms with Gasteiger partial charge < -0.3 is 19.7 Å². The number of rotatable bonds is 4. The Morgan fingerprint density at radius 3 is 2.83 bits per heavy atom. The van der Waals surface area contributed by atoms with Crippen LogP contribution in [-0.4, -0.2) is 22.5 Å². The van der Waals surface area contributed by atoms with Crippen LogP contribution in [0.3, 0.4) is 0 Å². The van der Waals surface area contributed by atoms with E-state index in [1.807, 2.05) is 0 Å². The normalized spacial score (nSPS) is 17.2. The molecule has 1 aromatic carbocycles. The Labute approximate surface area is 146 Å². The number of ether oxygens (including phenoxy) is 1. The van der Waals surface area contributed by atoms with Crippen molar-refractivity contribution in [3.63, 3.8) is 0 Å². The lowest BCUT2D eigenvalue weighted by atomic mass is 10.1. The van der Waals surface area contributed by atoms with Gasteiger partial charge in [-0.3, -0.25) is 4.79 Å². The van der Waals surface area contributed by atoms with Gasteiger partial charge in [0.2, 0.25) is 0 Å². The lowest BCUT2D eigenvalue weighted by molar-refractivity contribution is -0.991. The minimum atomic E-state index is -1.04. The summed E-state index contributed by atoms with van der Waals surface area (Å²) in [6.45, 7) is 0. The largest absolute Gasteiger partial charge is 0.595 e. The molecule has 0 radical (unpaired) electrons. The molecule has 1 atom stereocenters. The zero-order chi connectivity index (χ0) is 17.3. The van der Waals surface area contributed by atoms with E-state index in [0.717, 1.165) is 0 Å². The molecule has 3 rings (SSSR count). The SMILES string of the molecule is COc1cc([NH+]([O-])O)ccc1-c1ccc(/C=C2\SC(=S)NC2=O)o1. The number of thioether (sulfide) groups is 1. The molecule has 2 heterocycles. The number of quaternary nitrogens is 1. The van der Waals surface area contributed by atoms with E-state index < -0.39 is 5.23 Å². The fourth-order valence-electron chi connectivity index (χ4n) is 2.15. The number of hydrogen-bond donors (Lipinski definition) is 3. The lowest BCUT2D eigenvalue weighted by Gasteiger charge is -2.13. The van der Waals surface area contributed by atoms with Crippen molar-refractivity contribution in [3.05, 3.63) is 46.2 Å². The number of nitrogens with one attached hydrogen (secondary N) is 2. The van der Waals surface area contributed by atoms with Gasteiger partial charge in [0.25, 0.3) is 5.91 Å². The van der Waals surface area contributed by atoms with Crippen molar-refractivity contribution in [1.29, 1.82) is 0 Å². The molecule has 24 heavy (non-hydrogen) atoms. The number of amides is 1. The smallest absolute Gasteiger partial charge is 0.263 e. The first kappa shape index (κ1) is 16.7. The highest BCUT2D eigenvalue weighted by Gasteiger charge is 2.22. The maximum absolute atomic E-state index is 11.7. The molecule has 0 bridgehead atoms. The molecule has 1 amide bonds. The average Bonchev–Trinajstić information content (AvgIpc) is 3.13. The van der Waals surface area contributed by atoms with Crippen molar-refractivity contribution in [1.82, 2.24) is 5.32 Å². The van der Waals surface area contributed by atoms with E-state index in [2.05, 4.69) is 5.32 Å². The van der Waals surface area contributed by atoms with E-state index in [0.29, 0.717) is 32.1 Å². The summed E-state index contributed by atoms with van der Waals surface area (Å²) >= 11 is 6.10. The molecule has 3 N–H and O–H groups in total. The summed E-state index contributed by atoms with van der Waals surface area (Å²) in [6.07, 6.45) is 1.60. The van der Waals surface area contributed by atoms with Gasteiger partial charge in [0, 0.05) is 18.2 Å². The van der Waals surface area contributed by atoms with Crippen LogP contribution in [0.2, 0.25) is 0 Å². The van der Waals surface area contributed by atoms with Crippen molar-refractivity contribution >= 4 is 46.0 Å². The third-order valence-corrected chi connectivity index (χ3v) is 4.42. The molecule has 7 nitrogen and oxygen atoms in total. The highest BCUT2D eigenvalue weighted by Crippen LogP contribution is 2.34. The number of thiocarbonyl (C=S) groups is 1. The van der Waals surface area contributed by atoms with Crippen LogP contribution < -0.4 is 15.3 Å². The molecule has 1 aliphatic heterocycles. The summed E-state index contributed by atoms with van der Waals surface area (Å²) in [7, 11) is 1.46. The Morgan fingerprint density at radius 2 is 2.21 bits per heavy atom. The second-order valence-corrected chi connectivity index (χ2v) is 6.49. The molecule has 2 aromatic rings. The molecule has 1 fully saturated rings. The zero-order valence-electron chi connectivity index (χ0n) is 12.4. The van der Waals surface area contributed by atoms with Crippen LogP contribution in [-0.2, 0) is 4.79 Å². The standard InChI is InChI=1S/C15H12N2O5S2/c1-21-12-6-8(17(19)20)2-4-10(12)11-5-3-9(22-11)7-13-14(18)16-15(23)24-13/h2-7,17,19H,1H3,(H,16,18,23)/b13-7-. The van der Waals surface area contributed by atoms with Crippen molar-refractivity contribution in [3.8, 4) is 17.1 Å². The van der Waals surface area contributed by atoms with Gasteiger partial charge in [-0.1, -0.05) is 24.0 Å². The summed E-state index contributed by atoms with van der Waals surface area (Å²) in [4.78, 5) is 12.1. The Kier molecular flexibility index (Phi) is 4.69. The third kappa shape index (κ3) is 3.35. The molecule has 1 unspecified atom stereocenters. The molecule has 1 aromatic heterocycles. The Balaban J connectivity index is 1.92. The molecule has 124 valence electrons. The number of methoxy groups -OCH3 is 1. The molecule has 1 aliphatic rings. The van der Waals surface area contributed by atoms with Gasteiger partial charge in [0.15, 0.2) is 5.69 Å². The summed E-state index contributed by atoms with van der Waals surface area (Å²) in [5.41, 5.74) is 0.739. The zero-order valence-corrected chi connectivity index (χ0v) is 14.0. The van der Waals surface area contributed by atoms with E-state index in [-0.39, 0.29) is 11.6 Å². The third-order valence-electron chi connectivity index (χ3n) is 3.26. The monoisotopic (exact) mass is 364 g/mol. The first-order chi connectivity index (χ1) is 11.5. The highest BCUT2D eigenvalue weighted by atomic mass is 32.2. The number of benzene rings is 1. The topological polar surface area (TPSA) is 99.2 Å². The van der Waals surface area contributed by atoms with Crippen LogP contribution >= 0.6 is 24.0 Å². The fraction of sp³-hybridized carbons (Fsp3) is 0.0667. The van der Waals surface area contributed by atoms with Crippen molar-refractivity contribution < 1.29 is 24.4 Å². The second kappa shape index (κ2) is 6.75. The molecule has 0 saturated carbocycles.